The number of likely N-dealkylation sites (tertiary alicyclic amines) is 1. The van der Waals surface area contributed by atoms with Crippen molar-refractivity contribution in [2.45, 2.75) is 65.6 Å². The molecule has 2 aliphatic rings. The molecule has 3 aromatic rings. The van der Waals surface area contributed by atoms with Crippen molar-refractivity contribution >= 4 is 40.1 Å². The number of rotatable bonds is 7. The first-order chi connectivity index (χ1) is 17.6. The minimum absolute atomic E-state index is 0.00725. The van der Waals surface area contributed by atoms with Gasteiger partial charge in [0.25, 0.3) is 5.91 Å². The zero-order valence-corrected chi connectivity index (χ0v) is 22.9. The van der Waals surface area contributed by atoms with Gasteiger partial charge in [0.15, 0.2) is 0 Å². The normalized spacial score (nSPS) is 22.3. The van der Waals surface area contributed by atoms with Crippen molar-refractivity contribution in [2.24, 2.45) is 10.8 Å². The Morgan fingerprint density at radius 2 is 2.11 bits per heavy atom. The molecular formula is C28H36N6O2S. The highest BCUT2D eigenvalue weighted by atomic mass is 32.1. The van der Waals surface area contributed by atoms with E-state index in [0.717, 1.165) is 55.5 Å². The summed E-state index contributed by atoms with van der Waals surface area (Å²) in [6, 6.07) is 6.96. The third kappa shape index (κ3) is 5.07. The fraction of sp³-hybridized carbons (Fsp3) is 0.500. The molecule has 1 atom stereocenters. The molecule has 9 heteroatoms. The molecule has 1 aliphatic carbocycles. The second kappa shape index (κ2) is 9.68. The summed E-state index contributed by atoms with van der Waals surface area (Å²) in [5, 5.41) is 6.67. The van der Waals surface area contributed by atoms with E-state index in [4.69, 9.17) is 4.98 Å². The number of amides is 2. The Morgan fingerprint density at radius 3 is 2.78 bits per heavy atom. The van der Waals surface area contributed by atoms with Crippen LogP contribution in [0, 0.1) is 10.8 Å². The number of carbonyl (C=O) groups excluding carboxylic acids is 2. The smallest absolute Gasteiger partial charge is 0.269 e. The van der Waals surface area contributed by atoms with Crippen LogP contribution in [0.2, 0.25) is 0 Å². The van der Waals surface area contributed by atoms with Crippen molar-refractivity contribution in [3.8, 4) is 0 Å². The summed E-state index contributed by atoms with van der Waals surface area (Å²) < 4.78 is 2.19. The Morgan fingerprint density at radius 1 is 1.32 bits per heavy atom. The standard InChI is InChI=1S/C28H36N6O2S/c1-6-24(35)33-10-9-28(16-33)12-20(13-28)34-22-8-7-19(14-30-18(2)27(3,4)5)11-21(22)31-26(34)32-25(36)23-15-29-17-37-23/h6-8,11,15,17-18,20,30H,1,9-10,12-14,16H2,2-5H3,(H,31,32,36)/t18-,20-,28-/m0/s1. The van der Waals surface area contributed by atoms with Crippen LogP contribution >= 0.6 is 11.3 Å². The Kier molecular flexibility index (Phi) is 6.70. The molecule has 0 radical (unpaired) electrons. The highest BCUT2D eigenvalue weighted by molar-refractivity contribution is 7.11. The first kappa shape index (κ1) is 25.6. The van der Waals surface area contributed by atoms with Gasteiger partial charge in [0, 0.05) is 31.7 Å². The largest absolute Gasteiger partial charge is 0.339 e. The molecule has 0 unspecified atom stereocenters. The third-order valence-corrected chi connectivity index (χ3v) is 8.95. The number of imidazole rings is 1. The van der Waals surface area contributed by atoms with Gasteiger partial charge in [-0.2, -0.15) is 0 Å². The molecule has 0 bridgehead atoms. The van der Waals surface area contributed by atoms with Gasteiger partial charge in [0.1, 0.15) is 4.88 Å². The third-order valence-electron chi connectivity index (χ3n) is 8.17. The van der Waals surface area contributed by atoms with Crippen molar-refractivity contribution in [1.29, 1.82) is 0 Å². The van der Waals surface area contributed by atoms with Crippen LogP contribution in [0.3, 0.4) is 0 Å². The van der Waals surface area contributed by atoms with Crippen LogP contribution in [0.1, 0.15) is 68.2 Å². The van der Waals surface area contributed by atoms with Crippen molar-refractivity contribution < 1.29 is 9.59 Å². The highest BCUT2D eigenvalue weighted by Crippen LogP contribution is 2.55. The maximum absolute atomic E-state index is 12.9. The predicted octanol–water partition coefficient (Wildman–Crippen LogP) is 5.01. The van der Waals surface area contributed by atoms with E-state index in [1.165, 1.54) is 17.4 Å². The summed E-state index contributed by atoms with van der Waals surface area (Å²) in [5.74, 6) is 0.379. The lowest BCUT2D eigenvalue weighted by Crippen LogP contribution is -2.42. The Hall–Kier alpha value is -3.04. The van der Waals surface area contributed by atoms with Gasteiger partial charge in [-0.3, -0.25) is 19.9 Å². The molecule has 2 N–H and O–H groups in total. The fourth-order valence-electron chi connectivity index (χ4n) is 5.49. The van der Waals surface area contributed by atoms with Gasteiger partial charge in [-0.25, -0.2) is 4.98 Å². The number of hydrogen-bond acceptors (Lipinski definition) is 6. The van der Waals surface area contributed by atoms with Crippen molar-refractivity contribution in [3.63, 3.8) is 0 Å². The van der Waals surface area contributed by atoms with Gasteiger partial charge in [-0.1, -0.05) is 33.4 Å². The number of nitrogens with one attached hydrogen (secondary N) is 2. The topological polar surface area (TPSA) is 92.2 Å². The lowest BCUT2D eigenvalue weighted by Gasteiger charge is -2.46. The maximum atomic E-state index is 12.9. The summed E-state index contributed by atoms with van der Waals surface area (Å²) >= 11 is 1.31. The molecule has 1 aromatic carbocycles. The summed E-state index contributed by atoms with van der Waals surface area (Å²) in [7, 11) is 0. The molecule has 37 heavy (non-hydrogen) atoms. The van der Waals surface area contributed by atoms with E-state index in [9.17, 15) is 9.59 Å². The second-order valence-electron chi connectivity index (χ2n) is 11.7. The quantitative estimate of drug-likeness (QED) is 0.428. The van der Waals surface area contributed by atoms with Gasteiger partial charge in [0.05, 0.1) is 22.7 Å². The first-order valence-electron chi connectivity index (χ1n) is 12.9. The minimum Gasteiger partial charge on any atom is -0.339 e. The highest BCUT2D eigenvalue weighted by Gasteiger charge is 2.50. The molecule has 1 spiro atoms. The molecule has 3 heterocycles. The number of anilines is 1. The van der Waals surface area contributed by atoms with E-state index in [0.29, 0.717) is 16.9 Å². The van der Waals surface area contributed by atoms with E-state index in [1.807, 2.05) is 4.90 Å². The number of carbonyl (C=O) groups is 2. The van der Waals surface area contributed by atoms with E-state index in [2.05, 4.69) is 72.7 Å². The molecule has 1 aliphatic heterocycles. The van der Waals surface area contributed by atoms with Crippen LogP contribution < -0.4 is 10.6 Å². The van der Waals surface area contributed by atoms with E-state index < -0.39 is 0 Å². The maximum Gasteiger partial charge on any atom is 0.269 e. The lowest BCUT2D eigenvalue weighted by molar-refractivity contribution is -0.125. The molecule has 2 aromatic heterocycles. The molecule has 196 valence electrons. The summed E-state index contributed by atoms with van der Waals surface area (Å²) in [6.45, 7) is 14.8. The number of thiazole rings is 1. The van der Waals surface area contributed by atoms with E-state index in [1.54, 1.807) is 11.7 Å². The molecule has 2 amide bonds. The summed E-state index contributed by atoms with van der Waals surface area (Å²) in [4.78, 5) is 36.4. The minimum atomic E-state index is -0.197. The van der Waals surface area contributed by atoms with Crippen LogP contribution in [0.4, 0.5) is 5.95 Å². The molecule has 8 nitrogen and oxygen atoms in total. The molecular weight excluding hydrogens is 484 g/mol. The Bertz CT molecular complexity index is 1320. The van der Waals surface area contributed by atoms with Crippen LogP contribution in [-0.4, -0.2) is 50.4 Å². The summed E-state index contributed by atoms with van der Waals surface area (Å²) in [6.07, 6.45) is 5.89. The van der Waals surface area contributed by atoms with Crippen LogP contribution in [-0.2, 0) is 11.3 Å². The molecule has 1 saturated carbocycles. The van der Waals surface area contributed by atoms with E-state index in [-0.39, 0.29) is 28.7 Å². The number of hydrogen-bond donors (Lipinski definition) is 2. The number of fused-ring (bicyclic) bond motifs is 1. The van der Waals surface area contributed by atoms with Gasteiger partial charge < -0.3 is 14.8 Å². The monoisotopic (exact) mass is 520 g/mol. The molecule has 5 rings (SSSR count). The van der Waals surface area contributed by atoms with Crippen molar-refractivity contribution in [1.82, 2.24) is 24.8 Å². The lowest BCUT2D eigenvalue weighted by atomic mass is 9.64. The average Bonchev–Trinajstić information content (AvgIpc) is 3.58. The Labute approximate surface area is 222 Å². The van der Waals surface area contributed by atoms with E-state index >= 15 is 0 Å². The van der Waals surface area contributed by atoms with Crippen molar-refractivity contribution in [2.75, 3.05) is 18.4 Å². The number of nitrogens with zero attached hydrogens (tertiary/aromatic N) is 4. The van der Waals surface area contributed by atoms with Gasteiger partial charge in [-0.05, 0) is 60.8 Å². The predicted molar refractivity (Wildman–Crippen MR) is 148 cm³/mol. The summed E-state index contributed by atoms with van der Waals surface area (Å²) in [5.41, 5.74) is 5.01. The van der Waals surface area contributed by atoms with Crippen LogP contribution in [0.5, 0.6) is 0 Å². The second-order valence-corrected chi connectivity index (χ2v) is 12.6. The van der Waals surface area contributed by atoms with Crippen LogP contribution in [0.15, 0.2) is 42.6 Å². The zero-order chi connectivity index (χ0) is 26.4. The van der Waals surface area contributed by atoms with Gasteiger partial charge >= 0.3 is 0 Å². The van der Waals surface area contributed by atoms with Crippen molar-refractivity contribution in [3.05, 3.63) is 53.0 Å². The molecule has 1 saturated heterocycles. The number of aromatic nitrogens is 3. The van der Waals surface area contributed by atoms with Gasteiger partial charge in [-0.15, -0.1) is 11.3 Å². The molecule has 2 fully saturated rings. The number of benzene rings is 1. The SMILES string of the molecule is C=CC(=O)N1CC[C@]2(C1)C[C@H](n1c(NC(=O)c3cncs3)nc3cc(CN[C@@H](C)C(C)(C)C)ccc31)C2. The first-order valence-corrected chi connectivity index (χ1v) is 13.8. The van der Waals surface area contributed by atoms with Gasteiger partial charge in [0.2, 0.25) is 11.9 Å². The Balaban J connectivity index is 1.40. The van der Waals surface area contributed by atoms with Crippen LogP contribution in [0.25, 0.3) is 11.0 Å². The average molecular weight is 521 g/mol. The fourth-order valence-corrected chi connectivity index (χ4v) is 6.00. The zero-order valence-electron chi connectivity index (χ0n) is 22.1.